The van der Waals surface area contributed by atoms with E-state index in [1.54, 1.807) is 35.3 Å². The van der Waals surface area contributed by atoms with Crippen molar-refractivity contribution in [1.29, 1.82) is 0 Å². The molecule has 27 heavy (non-hydrogen) atoms. The minimum Gasteiger partial charge on any atom is -0.508 e. The molecule has 0 saturated heterocycles. The van der Waals surface area contributed by atoms with Gasteiger partial charge in [0.15, 0.2) is 5.75 Å². The fourth-order valence-electron chi connectivity index (χ4n) is 3.48. The van der Waals surface area contributed by atoms with Crippen LogP contribution in [0.25, 0.3) is 11.1 Å². The fraction of sp³-hybridized carbons (Fsp3) is 0.381. The Morgan fingerprint density at radius 2 is 1.89 bits per heavy atom. The Labute approximate surface area is 159 Å². The molecule has 0 aliphatic rings. The van der Waals surface area contributed by atoms with Crippen molar-refractivity contribution < 1.29 is 15.3 Å². The lowest BCUT2D eigenvalue weighted by Gasteiger charge is -2.12. The van der Waals surface area contributed by atoms with Crippen LogP contribution in [0.3, 0.4) is 0 Å². The van der Waals surface area contributed by atoms with Crippen LogP contribution in [-0.4, -0.2) is 29.4 Å². The molecule has 0 unspecified atom stereocenters. The average molecular weight is 369 g/mol. The second kappa shape index (κ2) is 8.66. The summed E-state index contributed by atoms with van der Waals surface area (Å²) in [5, 5.41) is 31.0. The molecule has 2 heterocycles. The van der Waals surface area contributed by atoms with Crippen molar-refractivity contribution in [3.05, 3.63) is 48.7 Å². The van der Waals surface area contributed by atoms with Gasteiger partial charge in [0.25, 0.3) is 0 Å². The Balaban J connectivity index is 1.91. The molecular formula is C21H27N3O3. The molecule has 3 N–H and O–H groups in total. The Morgan fingerprint density at radius 3 is 2.59 bits per heavy atom. The molecule has 0 fully saturated rings. The molecule has 0 saturated carbocycles. The number of aromatic hydroxyl groups is 3. The van der Waals surface area contributed by atoms with Gasteiger partial charge in [-0.3, -0.25) is 0 Å². The largest absolute Gasteiger partial charge is 0.508 e. The van der Waals surface area contributed by atoms with Gasteiger partial charge < -0.3 is 24.5 Å². The number of hydrogen-bond donors (Lipinski definition) is 3. The van der Waals surface area contributed by atoms with Crippen LogP contribution < -0.4 is 0 Å². The van der Waals surface area contributed by atoms with E-state index >= 15 is 0 Å². The van der Waals surface area contributed by atoms with Crippen LogP contribution in [0.5, 0.6) is 17.4 Å². The van der Waals surface area contributed by atoms with Crippen LogP contribution in [0.1, 0.15) is 38.3 Å². The van der Waals surface area contributed by atoms with E-state index in [4.69, 9.17) is 0 Å². The van der Waals surface area contributed by atoms with Crippen LogP contribution in [0, 0.1) is 0 Å². The van der Waals surface area contributed by atoms with Gasteiger partial charge in [0, 0.05) is 36.7 Å². The number of phenolic OH excluding ortho intramolecular Hbond substituents is 1. The highest BCUT2D eigenvalue weighted by molar-refractivity contribution is 5.77. The summed E-state index contributed by atoms with van der Waals surface area (Å²) in [6.45, 7) is 3.53. The minimum atomic E-state index is -0.116. The lowest BCUT2D eigenvalue weighted by atomic mass is 10.0. The molecule has 3 rings (SSSR count). The molecule has 6 heteroatoms. The van der Waals surface area contributed by atoms with Gasteiger partial charge in [-0.1, -0.05) is 31.9 Å². The zero-order chi connectivity index (χ0) is 19.2. The smallest absolute Gasteiger partial charge is 0.235 e. The molecule has 0 radical (unpaired) electrons. The van der Waals surface area contributed by atoms with E-state index in [-0.39, 0.29) is 17.4 Å². The summed E-state index contributed by atoms with van der Waals surface area (Å²) in [5.74, 6) is -0.0843. The quantitative estimate of drug-likeness (QED) is 0.491. The molecule has 1 aromatic carbocycles. The van der Waals surface area contributed by atoms with Gasteiger partial charge in [0.1, 0.15) is 5.75 Å². The monoisotopic (exact) mass is 369 g/mol. The van der Waals surface area contributed by atoms with Crippen LogP contribution in [0.4, 0.5) is 0 Å². The van der Waals surface area contributed by atoms with E-state index in [9.17, 15) is 15.3 Å². The standard InChI is InChI=1S/C21H27N3O3/c1-2-3-4-9-18-19(16-7-5-8-17(25)14-16)20(26)21(27)24(18)12-6-11-23-13-10-22-15-23/h5,7-8,10,13-15,25-27H,2-4,6,9,11-12H2,1H3. The van der Waals surface area contributed by atoms with Crippen molar-refractivity contribution in [2.45, 2.75) is 52.1 Å². The van der Waals surface area contributed by atoms with Gasteiger partial charge in [0.05, 0.1) is 6.33 Å². The predicted octanol–water partition coefficient (Wildman–Crippen LogP) is 4.29. The van der Waals surface area contributed by atoms with Gasteiger partial charge in [-0.15, -0.1) is 0 Å². The first kappa shape index (κ1) is 18.9. The van der Waals surface area contributed by atoms with Gasteiger partial charge >= 0.3 is 0 Å². The maximum absolute atomic E-state index is 10.6. The molecule has 0 amide bonds. The topological polar surface area (TPSA) is 83.4 Å². The number of imidazole rings is 1. The van der Waals surface area contributed by atoms with E-state index in [1.165, 1.54) is 0 Å². The highest BCUT2D eigenvalue weighted by Gasteiger charge is 2.23. The van der Waals surface area contributed by atoms with E-state index in [0.29, 0.717) is 17.7 Å². The lowest BCUT2D eigenvalue weighted by Crippen LogP contribution is -2.07. The number of benzene rings is 1. The van der Waals surface area contributed by atoms with Gasteiger partial charge in [0.2, 0.25) is 5.88 Å². The SMILES string of the molecule is CCCCCc1c(-c2cccc(O)c2)c(O)c(O)n1CCCn1ccnc1. The average Bonchev–Trinajstić information content (AvgIpc) is 3.24. The number of aryl methyl sites for hydroxylation is 1. The number of nitrogens with zero attached hydrogens (tertiary/aromatic N) is 3. The molecule has 0 aliphatic carbocycles. The Bertz CT molecular complexity index is 869. The minimum absolute atomic E-state index is 0.106. The summed E-state index contributed by atoms with van der Waals surface area (Å²) < 4.78 is 3.80. The third kappa shape index (κ3) is 4.27. The van der Waals surface area contributed by atoms with Gasteiger partial charge in [-0.25, -0.2) is 4.98 Å². The summed E-state index contributed by atoms with van der Waals surface area (Å²) in [6.07, 6.45) is 10.2. The van der Waals surface area contributed by atoms with Crippen molar-refractivity contribution >= 4 is 0 Å². The first-order valence-electron chi connectivity index (χ1n) is 9.50. The summed E-state index contributed by atoms with van der Waals surface area (Å²) in [4.78, 5) is 4.04. The molecule has 144 valence electrons. The molecule has 2 aromatic heterocycles. The third-order valence-corrected chi connectivity index (χ3v) is 4.83. The van der Waals surface area contributed by atoms with E-state index < -0.39 is 0 Å². The van der Waals surface area contributed by atoms with Crippen LogP contribution in [0.15, 0.2) is 43.0 Å². The van der Waals surface area contributed by atoms with Crippen molar-refractivity contribution in [2.24, 2.45) is 0 Å². The first-order valence-corrected chi connectivity index (χ1v) is 9.50. The Kier molecular flexibility index (Phi) is 6.06. The number of hydrogen-bond acceptors (Lipinski definition) is 4. The number of unbranched alkanes of at least 4 members (excludes halogenated alkanes) is 2. The maximum atomic E-state index is 10.6. The number of aromatic nitrogens is 3. The van der Waals surface area contributed by atoms with Gasteiger partial charge in [-0.05, 0) is 37.0 Å². The Morgan fingerprint density at radius 1 is 1.04 bits per heavy atom. The van der Waals surface area contributed by atoms with Gasteiger partial charge in [-0.2, -0.15) is 0 Å². The summed E-state index contributed by atoms with van der Waals surface area (Å²) in [5.41, 5.74) is 2.24. The van der Waals surface area contributed by atoms with Crippen molar-refractivity contribution in [3.63, 3.8) is 0 Å². The van der Waals surface area contributed by atoms with E-state index in [1.807, 2.05) is 16.8 Å². The van der Waals surface area contributed by atoms with Crippen LogP contribution in [-0.2, 0) is 19.5 Å². The molecule has 6 nitrogen and oxygen atoms in total. The molecule has 0 spiro atoms. The lowest BCUT2D eigenvalue weighted by molar-refractivity contribution is 0.365. The predicted molar refractivity (Wildman–Crippen MR) is 105 cm³/mol. The zero-order valence-electron chi connectivity index (χ0n) is 15.7. The third-order valence-electron chi connectivity index (χ3n) is 4.83. The van der Waals surface area contributed by atoms with E-state index in [2.05, 4.69) is 11.9 Å². The van der Waals surface area contributed by atoms with Crippen molar-refractivity contribution in [3.8, 4) is 28.5 Å². The Hall–Kier alpha value is -2.89. The van der Waals surface area contributed by atoms with Crippen LogP contribution >= 0.6 is 0 Å². The summed E-state index contributed by atoms with van der Waals surface area (Å²) >= 11 is 0. The molecular weight excluding hydrogens is 342 g/mol. The number of rotatable bonds is 9. The first-order chi connectivity index (χ1) is 13.1. The molecule has 0 atom stereocenters. The molecule has 0 bridgehead atoms. The molecule has 3 aromatic rings. The molecule has 0 aliphatic heterocycles. The second-order valence-electron chi connectivity index (χ2n) is 6.81. The highest BCUT2D eigenvalue weighted by Crippen LogP contribution is 2.43. The van der Waals surface area contributed by atoms with Crippen LogP contribution in [0.2, 0.25) is 0 Å². The number of phenols is 1. The van der Waals surface area contributed by atoms with E-state index in [0.717, 1.165) is 44.3 Å². The highest BCUT2D eigenvalue weighted by atomic mass is 16.3. The normalized spacial score (nSPS) is 11.1. The van der Waals surface area contributed by atoms with Crippen molar-refractivity contribution in [2.75, 3.05) is 0 Å². The maximum Gasteiger partial charge on any atom is 0.235 e. The second-order valence-corrected chi connectivity index (χ2v) is 6.81. The van der Waals surface area contributed by atoms with Crippen molar-refractivity contribution in [1.82, 2.24) is 14.1 Å². The zero-order valence-corrected chi connectivity index (χ0v) is 15.7. The summed E-state index contributed by atoms with van der Waals surface area (Å²) in [6, 6.07) is 6.80. The fourth-order valence-corrected chi connectivity index (χ4v) is 3.48. The summed E-state index contributed by atoms with van der Waals surface area (Å²) in [7, 11) is 0.